The maximum atomic E-state index is 2.75. The quantitative estimate of drug-likeness (QED) is 0.153. The van der Waals surface area contributed by atoms with Crippen molar-refractivity contribution in [1.29, 1.82) is 0 Å². The van der Waals surface area contributed by atoms with Crippen molar-refractivity contribution in [3.63, 3.8) is 0 Å². The van der Waals surface area contributed by atoms with Crippen molar-refractivity contribution in [2.75, 3.05) is 0 Å². The summed E-state index contributed by atoms with van der Waals surface area (Å²) in [6.45, 7) is 25.7. The first kappa shape index (κ1) is 40.3. The molecule has 3 heteroatoms. The van der Waals surface area contributed by atoms with Crippen LogP contribution >= 0.6 is 0 Å². The van der Waals surface area contributed by atoms with E-state index >= 15 is 0 Å². The van der Waals surface area contributed by atoms with Gasteiger partial charge in [-0.15, -0.1) is 0 Å². The van der Waals surface area contributed by atoms with Crippen LogP contribution < -0.4 is 16.4 Å². The Morgan fingerprint density at radius 3 is 1.56 bits per heavy atom. The van der Waals surface area contributed by atoms with E-state index in [0.717, 1.165) is 0 Å². The molecule has 0 bridgehead atoms. The van der Waals surface area contributed by atoms with Gasteiger partial charge >= 0.3 is 0 Å². The predicted molar refractivity (Wildman–Crippen MR) is 290 cm³/mol. The Balaban J connectivity index is 1.21. The summed E-state index contributed by atoms with van der Waals surface area (Å²) in [6, 6.07) is 58.0. The molecule has 0 radical (unpaired) electrons. The van der Waals surface area contributed by atoms with Crippen LogP contribution in [0.15, 0.2) is 146 Å². The molecule has 68 heavy (non-hydrogen) atoms. The second-order valence-corrected chi connectivity index (χ2v) is 23.9. The van der Waals surface area contributed by atoms with Crippen LogP contribution in [0.25, 0.3) is 77.6 Å². The molecule has 4 aliphatic rings. The summed E-state index contributed by atoms with van der Waals surface area (Å²) in [5.41, 5.74) is 30.4. The molecule has 2 aromatic heterocycles. The first-order valence-electron chi connectivity index (χ1n) is 24.9. The molecule has 8 aromatic carbocycles. The molecule has 0 fully saturated rings. The topological polar surface area (TPSA) is 9.86 Å². The van der Waals surface area contributed by atoms with Gasteiger partial charge in [-0.3, -0.25) is 0 Å². The first-order valence-corrected chi connectivity index (χ1v) is 24.9. The minimum Gasteiger partial charge on any atom is -0.310 e. The van der Waals surface area contributed by atoms with Crippen LogP contribution in [0, 0.1) is 13.8 Å². The molecule has 0 unspecified atom stereocenters. The molecule has 0 atom stereocenters. The van der Waals surface area contributed by atoms with E-state index in [0.29, 0.717) is 0 Å². The Labute approximate surface area is 401 Å². The third-order valence-electron chi connectivity index (χ3n) is 16.6. The van der Waals surface area contributed by atoms with Crippen molar-refractivity contribution >= 4 is 55.8 Å². The lowest BCUT2D eigenvalue weighted by atomic mass is 9.33. The van der Waals surface area contributed by atoms with Crippen molar-refractivity contribution < 1.29 is 0 Å². The number of aryl methyl sites for hydroxylation is 2. The van der Waals surface area contributed by atoms with Crippen molar-refractivity contribution in [2.45, 2.75) is 97.8 Å². The monoisotopic (exact) mass is 876 g/mol. The molecular weight excluding hydrogens is 820 g/mol. The Hall–Kier alpha value is -6.84. The summed E-state index contributed by atoms with van der Waals surface area (Å²) in [4.78, 5) is 0. The van der Waals surface area contributed by atoms with Gasteiger partial charge < -0.3 is 9.13 Å². The normalized spacial score (nSPS) is 14.8. The number of fused-ring (bicyclic) bond motifs is 11. The number of benzene rings is 8. The average Bonchev–Trinajstić information content (AvgIpc) is 3.92. The summed E-state index contributed by atoms with van der Waals surface area (Å²) >= 11 is 0. The van der Waals surface area contributed by atoms with Gasteiger partial charge in [0.05, 0.1) is 16.6 Å². The highest BCUT2D eigenvalue weighted by atomic mass is 15.1. The molecule has 5 heterocycles. The third kappa shape index (κ3) is 4.90. The molecule has 10 aromatic rings. The Bertz CT molecular complexity index is 3860. The van der Waals surface area contributed by atoms with Crippen LogP contribution in [-0.4, -0.2) is 15.8 Å². The second kappa shape index (κ2) is 12.8. The molecule has 2 nitrogen and oxygen atoms in total. The van der Waals surface area contributed by atoms with Crippen LogP contribution in [0.1, 0.15) is 112 Å². The smallest absolute Gasteiger partial charge is 0.252 e. The summed E-state index contributed by atoms with van der Waals surface area (Å²) in [5.74, 6) is 0. The van der Waals surface area contributed by atoms with Crippen LogP contribution in [0.3, 0.4) is 0 Å². The van der Waals surface area contributed by atoms with Gasteiger partial charge in [0.1, 0.15) is 0 Å². The highest BCUT2D eigenvalue weighted by Crippen LogP contribution is 2.62. The molecule has 14 rings (SSSR count). The zero-order valence-corrected chi connectivity index (χ0v) is 41.3. The number of aromatic nitrogens is 2. The summed E-state index contributed by atoms with van der Waals surface area (Å²) < 4.78 is 5.46. The molecule has 0 N–H and O–H groups in total. The van der Waals surface area contributed by atoms with E-state index in [2.05, 4.69) is 231 Å². The van der Waals surface area contributed by atoms with Crippen LogP contribution in [0.5, 0.6) is 0 Å². The zero-order valence-electron chi connectivity index (χ0n) is 41.3. The van der Waals surface area contributed by atoms with Crippen molar-refractivity contribution in [3.8, 4) is 44.9 Å². The summed E-state index contributed by atoms with van der Waals surface area (Å²) in [5, 5.41) is 4.05. The van der Waals surface area contributed by atoms with Gasteiger partial charge in [0, 0.05) is 44.1 Å². The Morgan fingerprint density at radius 1 is 0.426 bits per heavy atom. The second-order valence-electron chi connectivity index (χ2n) is 23.9. The highest BCUT2D eigenvalue weighted by molar-refractivity contribution is 7.00. The first-order chi connectivity index (χ1) is 32.5. The maximum absolute atomic E-state index is 2.75. The Kier molecular flexibility index (Phi) is 7.59. The number of hydrogen-bond donors (Lipinski definition) is 0. The van der Waals surface area contributed by atoms with Gasteiger partial charge in [-0.2, -0.15) is 0 Å². The third-order valence-corrected chi connectivity index (χ3v) is 16.6. The largest absolute Gasteiger partial charge is 0.310 e. The summed E-state index contributed by atoms with van der Waals surface area (Å²) in [6.07, 6.45) is 0. The van der Waals surface area contributed by atoms with E-state index in [1.54, 1.807) is 0 Å². The number of nitrogens with zero attached hydrogens (tertiary/aromatic N) is 2. The number of hydrogen-bond acceptors (Lipinski definition) is 0. The van der Waals surface area contributed by atoms with Crippen molar-refractivity contribution in [2.24, 2.45) is 0 Å². The average molecular weight is 877 g/mol. The Morgan fingerprint density at radius 2 is 0.956 bits per heavy atom. The van der Waals surface area contributed by atoms with Crippen LogP contribution in [0.4, 0.5) is 0 Å². The molecule has 1 spiro atoms. The predicted octanol–water partition coefficient (Wildman–Crippen LogP) is 14.4. The van der Waals surface area contributed by atoms with Gasteiger partial charge in [0.15, 0.2) is 0 Å². The van der Waals surface area contributed by atoms with Crippen LogP contribution in [0.2, 0.25) is 0 Å². The van der Waals surface area contributed by atoms with Gasteiger partial charge in [0.25, 0.3) is 6.71 Å². The SMILES string of the molecule is Cc1cc2c3c(c1)c1cc(C)cc4c1n3-c1c(ccc3c1B2c1cc(C(C)(C)C)cc2c(-c5ccc(C(C)(C)C)cc5)c(-c5ccc(C(C)(C)C)cc5)n-3c12)C41c2ccccc2-c2ccccc21. The summed E-state index contributed by atoms with van der Waals surface area (Å²) in [7, 11) is 0. The van der Waals surface area contributed by atoms with E-state index in [4.69, 9.17) is 0 Å². The van der Waals surface area contributed by atoms with Crippen LogP contribution in [-0.2, 0) is 21.7 Å². The van der Waals surface area contributed by atoms with Gasteiger partial charge in [0.2, 0.25) is 0 Å². The van der Waals surface area contributed by atoms with Gasteiger partial charge in [-0.25, -0.2) is 0 Å². The minimum absolute atomic E-state index is 0.0187. The van der Waals surface area contributed by atoms with Crippen molar-refractivity contribution in [1.82, 2.24) is 9.13 Å². The lowest BCUT2D eigenvalue weighted by Crippen LogP contribution is -2.60. The molecule has 3 aliphatic heterocycles. The van der Waals surface area contributed by atoms with E-state index in [1.165, 1.54) is 144 Å². The minimum atomic E-state index is -0.506. The van der Waals surface area contributed by atoms with E-state index < -0.39 is 5.41 Å². The lowest BCUT2D eigenvalue weighted by molar-refractivity contribution is 0.590. The maximum Gasteiger partial charge on any atom is 0.252 e. The zero-order chi connectivity index (χ0) is 46.7. The fourth-order valence-electron chi connectivity index (χ4n) is 13.6. The molecule has 0 saturated carbocycles. The van der Waals surface area contributed by atoms with E-state index in [1.807, 2.05) is 0 Å². The molecule has 1 aliphatic carbocycles. The molecule has 0 amide bonds. The number of rotatable bonds is 2. The fraction of sp³-hybridized carbons (Fsp3) is 0.231. The lowest BCUT2D eigenvalue weighted by Gasteiger charge is -2.44. The van der Waals surface area contributed by atoms with Gasteiger partial charge in [-0.05, 0) is 132 Å². The molecule has 0 saturated heterocycles. The highest BCUT2D eigenvalue weighted by Gasteiger charge is 2.54. The van der Waals surface area contributed by atoms with Crippen molar-refractivity contribution in [3.05, 3.63) is 196 Å². The van der Waals surface area contributed by atoms with Gasteiger partial charge in [-0.1, -0.05) is 195 Å². The standard InChI is InChI=1S/C65H57BN2/c1-36-30-45-46-31-37(2)33-52-59(46)68-58(45)51(32-36)65(48-18-14-12-16-43(48)44-17-13-15-19-49(44)65)50-28-29-54-56(61(50)68)66(52)53-35-42(64(9,10)11)34-47-55(38-20-24-40(25-21-38)62(3,4)5)57(67(54)60(47)53)39-22-26-41(27-23-39)63(6,7)8/h12-35H,1-11H3. The van der Waals surface area contributed by atoms with E-state index in [9.17, 15) is 0 Å². The fourth-order valence-corrected chi connectivity index (χ4v) is 13.6. The molecule has 330 valence electrons. The molecular formula is C65H57BN2. The van der Waals surface area contributed by atoms with E-state index in [-0.39, 0.29) is 23.0 Å².